The van der Waals surface area contributed by atoms with Crippen LogP contribution in [0.3, 0.4) is 0 Å². The van der Waals surface area contributed by atoms with Gasteiger partial charge in [0.1, 0.15) is 5.60 Å². The van der Waals surface area contributed by atoms with E-state index >= 15 is 0 Å². The molecule has 0 saturated carbocycles. The van der Waals surface area contributed by atoms with Crippen LogP contribution in [0.1, 0.15) is 35.4 Å². The van der Waals surface area contributed by atoms with Crippen molar-refractivity contribution in [1.82, 2.24) is 9.55 Å². The van der Waals surface area contributed by atoms with Gasteiger partial charge in [-0.15, -0.1) is 0 Å². The molecule has 0 N–H and O–H groups in total. The lowest BCUT2D eigenvalue weighted by atomic mass is 9.80. The fourth-order valence-corrected chi connectivity index (χ4v) is 3.26. The molecule has 1 aliphatic rings. The Labute approximate surface area is 144 Å². The van der Waals surface area contributed by atoms with E-state index in [9.17, 15) is 9.59 Å². The number of carbonyl (C=O) groups is 2. The summed E-state index contributed by atoms with van der Waals surface area (Å²) in [4.78, 5) is 28.4. The number of benzene rings is 1. The minimum Gasteiger partial charge on any atom is -0.451 e. The topological polar surface area (TPSA) is 61.2 Å². The van der Waals surface area contributed by atoms with Crippen molar-refractivity contribution in [2.45, 2.75) is 24.9 Å². The number of cyclic esters (lactones) is 1. The summed E-state index contributed by atoms with van der Waals surface area (Å²) < 4.78 is 7.15. The number of nitrogens with zero attached hydrogens (tertiary/aromatic N) is 2. The van der Waals surface area contributed by atoms with E-state index in [1.165, 1.54) is 6.08 Å². The van der Waals surface area contributed by atoms with Gasteiger partial charge in [0.25, 0.3) is 0 Å². The highest BCUT2D eigenvalue weighted by atomic mass is 35.5. The average Bonchev–Trinajstić information content (AvgIpc) is 3.12. The maximum Gasteiger partial charge on any atom is 0.331 e. The minimum absolute atomic E-state index is 0.128. The number of ether oxygens (including phenoxy) is 1. The average molecular weight is 345 g/mol. The molecule has 0 unspecified atom stereocenters. The van der Waals surface area contributed by atoms with Gasteiger partial charge < -0.3 is 9.30 Å². The van der Waals surface area contributed by atoms with E-state index < -0.39 is 17.5 Å². The summed E-state index contributed by atoms with van der Waals surface area (Å²) in [6, 6.07) is 7.29. The van der Waals surface area contributed by atoms with E-state index in [0.29, 0.717) is 10.8 Å². The Balaban J connectivity index is 1.99. The predicted octanol–water partition coefficient (Wildman–Crippen LogP) is 3.30. The highest BCUT2D eigenvalue weighted by Gasteiger charge is 2.42. The molecule has 2 atom stereocenters. The van der Waals surface area contributed by atoms with Crippen LogP contribution in [-0.4, -0.2) is 26.9 Å². The molecule has 0 amide bonds. The highest BCUT2D eigenvalue weighted by Crippen LogP contribution is 2.41. The van der Waals surface area contributed by atoms with E-state index in [-0.39, 0.29) is 12.2 Å². The first-order valence-corrected chi connectivity index (χ1v) is 7.95. The van der Waals surface area contributed by atoms with Crippen molar-refractivity contribution in [3.8, 4) is 0 Å². The minimum atomic E-state index is -0.928. The van der Waals surface area contributed by atoms with Gasteiger partial charge in [0.15, 0.2) is 11.6 Å². The van der Waals surface area contributed by atoms with Crippen molar-refractivity contribution >= 4 is 23.4 Å². The van der Waals surface area contributed by atoms with Crippen molar-refractivity contribution in [2.24, 2.45) is 7.05 Å². The van der Waals surface area contributed by atoms with Crippen LogP contribution in [0, 0.1) is 0 Å². The van der Waals surface area contributed by atoms with Crippen molar-refractivity contribution in [3.05, 3.63) is 65.2 Å². The van der Waals surface area contributed by atoms with E-state index in [1.54, 1.807) is 43.1 Å². The number of hydrogen-bond donors (Lipinski definition) is 0. The maximum absolute atomic E-state index is 12.7. The first-order valence-electron chi connectivity index (χ1n) is 7.58. The second-order valence-electron chi connectivity index (χ2n) is 6.00. The van der Waals surface area contributed by atoms with Crippen molar-refractivity contribution < 1.29 is 14.3 Å². The van der Waals surface area contributed by atoms with Crippen molar-refractivity contribution in [1.29, 1.82) is 0 Å². The molecule has 24 heavy (non-hydrogen) atoms. The number of rotatable bonds is 5. The third kappa shape index (κ3) is 2.99. The second-order valence-corrected chi connectivity index (χ2v) is 6.41. The lowest BCUT2D eigenvalue weighted by Gasteiger charge is -2.32. The van der Waals surface area contributed by atoms with Crippen LogP contribution < -0.4 is 0 Å². The predicted molar refractivity (Wildman–Crippen MR) is 90.0 cm³/mol. The largest absolute Gasteiger partial charge is 0.451 e. The fraction of sp³-hybridized carbons (Fsp3) is 0.278. The number of esters is 1. The number of aromatic nitrogens is 2. The van der Waals surface area contributed by atoms with Crippen LogP contribution in [-0.2, 0) is 16.6 Å². The summed E-state index contributed by atoms with van der Waals surface area (Å²) in [7, 11) is 1.77. The molecule has 1 aromatic heterocycles. The SMILES string of the molecule is Cn1ccnc1C(=O)C[C@H](c1ccccc1Cl)[C@@]1(C)C=CC(=O)O1. The van der Waals surface area contributed by atoms with Gasteiger partial charge in [0.05, 0.1) is 0 Å². The molecule has 1 aliphatic heterocycles. The smallest absolute Gasteiger partial charge is 0.331 e. The number of carbonyl (C=O) groups excluding carboxylic acids is 2. The molecule has 0 aliphatic carbocycles. The zero-order valence-electron chi connectivity index (χ0n) is 13.4. The molecule has 0 radical (unpaired) electrons. The molecule has 0 bridgehead atoms. The fourth-order valence-electron chi connectivity index (χ4n) is 3.00. The van der Waals surface area contributed by atoms with Crippen LogP contribution in [0.4, 0.5) is 0 Å². The van der Waals surface area contributed by atoms with Gasteiger partial charge in [0.2, 0.25) is 0 Å². The lowest BCUT2D eigenvalue weighted by molar-refractivity contribution is -0.145. The first kappa shape index (κ1) is 16.5. The molecule has 124 valence electrons. The lowest BCUT2D eigenvalue weighted by Crippen LogP contribution is -2.34. The summed E-state index contributed by atoms with van der Waals surface area (Å²) in [6.07, 6.45) is 6.50. The molecule has 2 aromatic rings. The van der Waals surface area contributed by atoms with Crippen LogP contribution in [0.15, 0.2) is 48.8 Å². The number of Topliss-reactive ketones (excluding diaryl/α,β-unsaturated/α-hetero) is 1. The number of halogens is 1. The summed E-state index contributed by atoms with van der Waals surface area (Å²) in [6.45, 7) is 1.79. The Morgan fingerprint density at radius 3 is 2.75 bits per heavy atom. The molecular weight excluding hydrogens is 328 g/mol. The third-order valence-electron chi connectivity index (χ3n) is 4.30. The van der Waals surface area contributed by atoms with E-state index in [2.05, 4.69) is 4.98 Å². The number of imidazole rings is 1. The Bertz CT molecular complexity index is 827. The van der Waals surface area contributed by atoms with E-state index in [4.69, 9.17) is 16.3 Å². The van der Waals surface area contributed by atoms with Crippen LogP contribution in [0.2, 0.25) is 5.02 Å². The Kier molecular flexibility index (Phi) is 4.28. The molecule has 0 fully saturated rings. The zero-order valence-corrected chi connectivity index (χ0v) is 14.2. The van der Waals surface area contributed by atoms with Gasteiger partial charge in [-0.1, -0.05) is 29.8 Å². The van der Waals surface area contributed by atoms with E-state index in [1.807, 2.05) is 18.2 Å². The Morgan fingerprint density at radius 1 is 1.42 bits per heavy atom. The van der Waals surface area contributed by atoms with Gasteiger partial charge in [-0.3, -0.25) is 4.79 Å². The molecule has 3 rings (SSSR count). The monoisotopic (exact) mass is 344 g/mol. The molecular formula is C18H17ClN2O3. The van der Waals surface area contributed by atoms with Crippen LogP contribution in [0.5, 0.6) is 0 Å². The van der Waals surface area contributed by atoms with Gasteiger partial charge in [-0.05, 0) is 24.6 Å². The molecule has 2 heterocycles. The Hall–Kier alpha value is -2.40. The van der Waals surface area contributed by atoms with Crippen molar-refractivity contribution in [2.75, 3.05) is 0 Å². The molecule has 5 nitrogen and oxygen atoms in total. The third-order valence-corrected chi connectivity index (χ3v) is 4.65. The Morgan fingerprint density at radius 2 is 2.17 bits per heavy atom. The summed E-state index contributed by atoms with van der Waals surface area (Å²) >= 11 is 6.34. The number of ketones is 1. The number of aryl methyl sites for hydroxylation is 1. The van der Waals surface area contributed by atoms with Gasteiger partial charge in [-0.2, -0.15) is 0 Å². The summed E-state index contributed by atoms with van der Waals surface area (Å²) in [5, 5.41) is 0.535. The van der Waals surface area contributed by atoms with Gasteiger partial charge in [-0.25, -0.2) is 9.78 Å². The zero-order chi connectivity index (χ0) is 17.3. The van der Waals surface area contributed by atoms with Crippen LogP contribution in [0.25, 0.3) is 0 Å². The second kappa shape index (κ2) is 6.24. The first-order chi connectivity index (χ1) is 11.4. The standard InChI is InChI=1S/C18H17ClN2O3/c1-18(8-7-16(23)24-18)13(12-5-3-4-6-14(12)19)11-15(22)17-20-9-10-21(17)2/h3-10,13H,11H2,1-2H3/t13-,18-/m1/s1. The van der Waals surface area contributed by atoms with Gasteiger partial charge in [0, 0.05) is 42.9 Å². The van der Waals surface area contributed by atoms with Crippen molar-refractivity contribution in [3.63, 3.8) is 0 Å². The van der Waals surface area contributed by atoms with E-state index in [0.717, 1.165) is 5.56 Å². The highest BCUT2D eigenvalue weighted by molar-refractivity contribution is 6.31. The molecule has 0 saturated heterocycles. The number of hydrogen-bond acceptors (Lipinski definition) is 4. The van der Waals surface area contributed by atoms with Crippen LogP contribution >= 0.6 is 11.6 Å². The maximum atomic E-state index is 12.7. The normalized spacial score (nSPS) is 20.9. The quantitative estimate of drug-likeness (QED) is 0.616. The summed E-state index contributed by atoms with van der Waals surface area (Å²) in [5.74, 6) is -0.592. The molecule has 1 aromatic carbocycles. The molecule has 0 spiro atoms. The van der Waals surface area contributed by atoms with Gasteiger partial charge >= 0.3 is 5.97 Å². The summed E-state index contributed by atoms with van der Waals surface area (Å²) in [5.41, 5.74) is -0.160. The molecule has 6 heteroatoms.